The molecule has 0 radical (unpaired) electrons. The number of carbonyl (C=O) groups excluding carboxylic acids is 1. The Hall–Kier alpha value is -2.90. The lowest BCUT2D eigenvalue weighted by Crippen LogP contribution is -2.20. The average molecular weight is 370 g/mol. The van der Waals surface area contributed by atoms with Crippen molar-refractivity contribution >= 4 is 23.5 Å². The molecule has 0 spiro atoms. The third-order valence-electron chi connectivity index (χ3n) is 3.83. The number of nitrogen functional groups attached to an aromatic ring is 2. The number of ether oxygens (including phenoxy) is 2. The Morgan fingerprint density at radius 1 is 1.00 bits per heavy atom. The number of anilines is 2. The number of nitrogens with one attached hydrogen (secondary N) is 1. The summed E-state index contributed by atoms with van der Waals surface area (Å²) in [4.78, 5) is 12.5. The molecule has 27 heavy (non-hydrogen) atoms. The van der Waals surface area contributed by atoms with Gasteiger partial charge in [-0.1, -0.05) is 6.07 Å². The van der Waals surface area contributed by atoms with Crippen molar-refractivity contribution in [3.63, 3.8) is 0 Å². The van der Waals surface area contributed by atoms with E-state index in [1.165, 1.54) is 0 Å². The van der Waals surface area contributed by atoms with Gasteiger partial charge in [0.05, 0.1) is 19.4 Å². The van der Waals surface area contributed by atoms with E-state index in [1.54, 1.807) is 30.5 Å². The van der Waals surface area contributed by atoms with Crippen LogP contribution in [0, 0.1) is 0 Å². The van der Waals surface area contributed by atoms with Crippen LogP contribution in [0.25, 0.3) is 0 Å². The predicted octanol–water partition coefficient (Wildman–Crippen LogP) is 2.69. The maximum Gasteiger partial charge on any atom is 0.271 e. The number of hydrogen-bond donors (Lipinski definition) is 3. The summed E-state index contributed by atoms with van der Waals surface area (Å²) in [6, 6.07) is 10.5. The second-order valence-corrected chi connectivity index (χ2v) is 5.85. The number of nitrogens with two attached hydrogens (primary N) is 2. The lowest BCUT2D eigenvalue weighted by Gasteiger charge is -2.10. The van der Waals surface area contributed by atoms with E-state index in [2.05, 4.69) is 10.5 Å². The highest BCUT2D eigenvalue weighted by Gasteiger charge is 2.11. The molecule has 0 heterocycles. The average Bonchev–Trinajstić information content (AvgIpc) is 2.66. The van der Waals surface area contributed by atoms with Crippen LogP contribution in [0.4, 0.5) is 11.4 Å². The fraction of sp³-hybridized carbons (Fsp3) is 0.300. The Morgan fingerprint density at radius 3 is 2.26 bits per heavy atom. The summed E-state index contributed by atoms with van der Waals surface area (Å²) in [5.74, 6) is -0.331. The largest absolute Gasteiger partial charge is 0.399 e. The van der Waals surface area contributed by atoms with Crippen molar-refractivity contribution in [1.29, 1.82) is 0 Å². The highest BCUT2D eigenvalue weighted by Crippen LogP contribution is 2.16. The van der Waals surface area contributed by atoms with E-state index >= 15 is 0 Å². The summed E-state index contributed by atoms with van der Waals surface area (Å²) >= 11 is 0. The van der Waals surface area contributed by atoms with Crippen LogP contribution < -0.4 is 16.9 Å². The fourth-order valence-corrected chi connectivity index (χ4v) is 2.48. The van der Waals surface area contributed by atoms with Crippen LogP contribution in [0.15, 0.2) is 41.5 Å². The van der Waals surface area contributed by atoms with E-state index in [4.69, 9.17) is 20.9 Å². The molecule has 5 N–H and O–H groups in total. The lowest BCUT2D eigenvalue weighted by atomic mass is 10.1. The summed E-state index contributed by atoms with van der Waals surface area (Å²) in [7, 11) is 0. The van der Waals surface area contributed by atoms with Crippen LogP contribution in [0.1, 0.15) is 40.9 Å². The summed E-state index contributed by atoms with van der Waals surface area (Å²) in [5.41, 5.74) is 18.3. The highest BCUT2D eigenvalue weighted by molar-refractivity contribution is 5.96. The van der Waals surface area contributed by atoms with Gasteiger partial charge in [0.25, 0.3) is 5.91 Å². The standard InChI is InChI=1S/C20H26N4O3/c1-3-26-12-15-9-17(21)6-5-14(15)11-23-24-20(25)19-8-7-18(22)10-16(19)13-27-4-2/h5-11H,3-4,12-13,21-22H2,1-2H3,(H,24,25)/b23-11+. The maximum absolute atomic E-state index is 12.5. The summed E-state index contributed by atoms with van der Waals surface area (Å²) in [5, 5.41) is 4.07. The van der Waals surface area contributed by atoms with E-state index in [0.717, 1.165) is 11.1 Å². The Bertz CT molecular complexity index is 806. The van der Waals surface area contributed by atoms with E-state index < -0.39 is 0 Å². The zero-order chi connectivity index (χ0) is 19.6. The Labute approximate surface area is 159 Å². The molecule has 144 valence electrons. The van der Waals surface area contributed by atoms with Crippen molar-refractivity contribution in [2.24, 2.45) is 5.10 Å². The van der Waals surface area contributed by atoms with Crippen LogP contribution in [0.2, 0.25) is 0 Å². The maximum atomic E-state index is 12.5. The molecule has 0 fully saturated rings. The zero-order valence-corrected chi connectivity index (χ0v) is 15.7. The van der Waals surface area contributed by atoms with Crippen molar-refractivity contribution < 1.29 is 14.3 Å². The molecule has 0 aliphatic carbocycles. The lowest BCUT2D eigenvalue weighted by molar-refractivity contribution is 0.0945. The summed E-state index contributed by atoms with van der Waals surface area (Å²) in [6.45, 7) is 5.70. The number of carbonyl (C=O) groups is 1. The first kappa shape index (κ1) is 20.4. The Morgan fingerprint density at radius 2 is 1.59 bits per heavy atom. The van der Waals surface area contributed by atoms with Gasteiger partial charge in [-0.05, 0) is 55.3 Å². The topological polar surface area (TPSA) is 112 Å². The fourth-order valence-electron chi connectivity index (χ4n) is 2.48. The molecule has 0 saturated heterocycles. The first-order chi connectivity index (χ1) is 13.0. The number of amides is 1. The summed E-state index contributed by atoms with van der Waals surface area (Å²) in [6.07, 6.45) is 1.57. The molecular weight excluding hydrogens is 344 g/mol. The first-order valence-corrected chi connectivity index (χ1v) is 8.80. The summed E-state index contributed by atoms with van der Waals surface area (Å²) < 4.78 is 10.8. The molecule has 0 unspecified atom stereocenters. The molecule has 2 aromatic rings. The number of nitrogens with zero attached hydrogens (tertiary/aromatic N) is 1. The molecule has 7 heteroatoms. The predicted molar refractivity (Wildman–Crippen MR) is 107 cm³/mol. The Kier molecular flexibility index (Phi) is 7.79. The molecule has 0 saturated carbocycles. The molecule has 0 aliphatic rings. The molecule has 7 nitrogen and oxygen atoms in total. The van der Waals surface area contributed by atoms with Gasteiger partial charge >= 0.3 is 0 Å². The smallest absolute Gasteiger partial charge is 0.271 e. The first-order valence-electron chi connectivity index (χ1n) is 8.80. The van der Waals surface area contributed by atoms with E-state index in [-0.39, 0.29) is 5.91 Å². The van der Waals surface area contributed by atoms with Gasteiger partial charge < -0.3 is 20.9 Å². The van der Waals surface area contributed by atoms with Gasteiger partial charge in [-0.15, -0.1) is 0 Å². The molecule has 0 aliphatic heterocycles. The molecule has 0 atom stereocenters. The van der Waals surface area contributed by atoms with Crippen molar-refractivity contribution in [3.05, 3.63) is 58.7 Å². The minimum Gasteiger partial charge on any atom is -0.399 e. The van der Waals surface area contributed by atoms with Gasteiger partial charge in [-0.25, -0.2) is 5.43 Å². The van der Waals surface area contributed by atoms with Crippen LogP contribution in [-0.2, 0) is 22.7 Å². The monoisotopic (exact) mass is 370 g/mol. The van der Waals surface area contributed by atoms with E-state index in [9.17, 15) is 4.79 Å². The van der Waals surface area contributed by atoms with Crippen LogP contribution in [-0.4, -0.2) is 25.3 Å². The molecule has 1 amide bonds. The van der Waals surface area contributed by atoms with Gasteiger partial charge in [-0.2, -0.15) is 5.10 Å². The van der Waals surface area contributed by atoms with Crippen molar-refractivity contribution in [3.8, 4) is 0 Å². The van der Waals surface area contributed by atoms with E-state index in [0.29, 0.717) is 48.9 Å². The number of rotatable bonds is 9. The Balaban J connectivity index is 2.11. The number of benzene rings is 2. The zero-order valence-electron chi connectivity index (χ0n) is 15.7. The van der Waals surface area contributed by atoms with E-state index in [1.807, 2.05) is 26.0 Å². The highest BCUT2D eigenvalue weighted by atomic mass is 16.5. The molecule has 0 aromatic heterocycles. The molecule has 0 bridgehead atoms. The van der Waals surface area contributed by atoms with Gasteiger partial charge in [0, 0.05) is 35.7 Å². The quantitative estimate of drug-likeness (QED) is 0.357. The van der Waals surface area contributed by atoms with Crippen LogP contribution in [0.5, 0.6) is 0 Å². The number of hydrogen-bond acceptors (Lipinski definition) is 6. The van der Waals surface area contributed by atoms with Gasteiger partial charge in [0.2, 0.25) is 0 Å². The second-order valence-electron chi connectivity index (χ2n) is 5.85. The van der Waals surface area contributed by atoms with Crippen molar-refractivity contribution in [1.82, 2.24) is 5.43 Å². The van der Waals surface area contributed by atoms with Gasteiger partial charge in [0.15, 0.2) is 0 Å². The SMILES string of the molecule is CCOCc1cc(N)ccc1/C=N/NC(=O)c1ccc(N)cc1COCC. The molecule has 2 rings (SSSR count). The minimum atomic E-state index is -0.331. The van der Waals surface area contributed by atoms with Crippen molar-refractivity contribution in [2.45, 2.75) is 27.1 Å². The molecular formula is C20H26N4O3. The normalized spacial score (nSPS) is 11.0. The van der Waals surface area contributed by atoms with Crippen LogP contribution in [0.3, 0.4) is 0 Å². The number of hydrazone groups is 1. The third kappa shape index (κ3) is 6.09. The van der Waals surface area contributed by atoms with Gasteiger partial charge in [-0.3, -0.25) is 4.79 Å². The van der Waals surface area contributed by atoms with Gasteiger partial charge in [0.1, 0.15) is 0 Å². The van der Waals surface area contributed by atoms with Crippen molar-refractivity contribution in [2.75, 3.05) is 24.7 Å². The molecule has 2 aromatic carbocycles. The third-order valence-corrected chi connectivity index (χ3v) is 3.83. The minimum absolute atomic E-state index is 0.310. The second kappa shape index (κ2) is 10.3. The van der Waals surface area contributed by atoms with Crippen LogP contribution >= 0.6 is 0 Å².